The van der Waals surface area contributed by atoms with E-state index in [9.17, 15) is 52.7 Å². The summed E-state index contributed by atoms with van der Waals surface area (Å²) in [5, 5.41) is 0. The molecule has 4 aromatic rings. The summed E-state index contributed by atoms with van der Waals surface area (Å²) in [6, 6.07) is 0. The molecule has 0 unspecified atom stereocenters. The van der Waals surface area contributed by atoms with Crippen molar-refractivity contribution >= 4 is 28.0 Å². The summed E-state index contributed by atoms with van der Waals surface area (Å²) in [6.07, 6.45) is 0.219. The summed E-state index contributed by atoms with van der Waals surface area (Å²) in [5.74, 6) is -70.4. The number of hydrogen-bond donors (Lipinski definition) is 1. The molecule has 0 heterocycles. The molecule has 1 saturated carbocycles. The zero-order chi connectivity index (χ0) is 41.8. The van der Waals surface area contributed by atoms with Gasteiger partial charge in [-0.3, -0.25) is 0 Å². The van der Waals surface area contributed by atoms with Crippen molar-refractivity contribution in [3.8, 4) is 0 Å². The lowest BCUT2D eigenvalue weighted by molar-refractivity contribution is -0.862. The van der Waals surface area contributed by atoms with E-state index < -0.39 is 144 Å². The Kier molecular flexibility index (Phi) is 12.5. The van der Waals surface area contributed by atoms with Crippen LogP contribution in [0.3, 0.4) is 0 Å². The van der Waals surface area contributed by atoms with Crippen LogP contribution in [0.2, 0.25) is 0 Å². The quantitative estimate of drug-likeness (QED) is 0.0975. The first-order chi connectivity index (χ1) is 25.5. The summed E-state index contributed by atoms with van der Waals surface area (Å²) in [5.41, 5.74) is -14.3. The van der Waals surface area contributed by atoms with E-state index in [0.717, 1.165) is 5.92 Å². The first-order valence-electron chi connectivity index (χ1n) is 15.5. The van der Waals surface area contributed by atoms with Crippen LogP contribution < -0.4 is 26.8 Å². The first-order valence-corrected chi connectivity index (χ1v) is 15.5. The fourth-order valence-corrected chi connectivity index (χ4v) is 6.84. The van der Waals surface area contributed by atoms with E-state index in [1.807, 2.05) is 0 Å². The van der Waals surface area contributed by atoms with Crippen LogP contribution in [0.15, 0.2) is 0 Å². The van der Waals surface area contributed by atoms with Crippen molar-refractivity contribution in [3.63, 3.8) is 0 Å². The number of halogens is 20. The van der Waals surface area contributed by atoms with Gasteiger partial charge in [0.15, 0.2) is 69.8 Å². The lowest BCUT2D eigenvalue weighted by Gasteiger charge is -2.44. The molecule has 55 heavy (non-hydrogen) atoms. The van der Waals surface area contributed by atoms with Gasteiger partial charge in [-0.05, 0) is 12.8 Å². The average Bonchev–Trinajstić information content (AvgIpc) is 3.15. The van der Waals surface area contributed by atoms with Crippen LogP contribution in [0.25, 0.3) is 0 Å². The van der Waals surface area contributed by atoms with Gasteiger partial charge in [0.2, 0.25) is 0 Å². The molecular weight excluding hydrogens is 801 g/mol. The van der Waals surface area contributed by atoms with E-state index in [4.69, 9.17) is 0 Å². The molecule has 4 aromatic carbocycles. The SMILES string of the molecule is C[NH+](C)CC1CCCCC1.Fc1c(F)c(F)c([B-](c2c(F)c(F)c(F)c(F)c2F)(c2c(F)c(F)c(F)c(F)c2F)c2c(F)c(F)c(F)c(F)c2F)c(F)c1F. The highest BCUT2D eigenvalue weighted by Crippen LogP contribution is 2.31. The predicted octanol–water partition coefficient (Wildman–Crippen LogP) is 6.56. The molecule has 1 aliphatic carbocycles. The van der Waals surface area contributed by atoms with E-state index >= 15 is 35.1 Å². The van der Waals surface area contributed by atoms with Gasteiger partial charge < -0.3 is 4.90 Å². The Morgan fingerprint density at radius 1 is 0.327 bits per heavy atom. The minimum atomic E-state index is -7.22. The van der Waals surface area contributed by atoms with E-state index in [0.29, 0.717) is 0 Å². The molecule has 0 spiro atoms. The van der Waals surface area contributed by atoms with Crippen LogP contribution >= 0.6 is 0 Å². The molecule has 0 amide bonds. The Labute approximate surface area is 296 Å². The molecule has 1 N–H and O–H groups in total. The van der Waals surface area contributed by atoms with Crippen molar-refractivity contribution in [3.05, 3.63) is 116 Å². The van der Waals surface area contributed by atoms with Gasteiger partial charge in [0.1, 0.15) is 52.7 Å². The van der Waals surface area contributed by atoms with Gasteiger partial charge in [-0.1, -0.05) is 19.3 Å². The van der Waals surface area contributed by atoms with E-state index in [-0.39, 0.29) is 0 Å². The van der Waals surface area contributed by atoms with Gasteiger partial charge in [-0.15, -0.1) is 21.9 Å². The molecule has 1 nitrogen and oxygen atoms in total. The van der Waals surface area contributed by atoms with Crippen LogP contribution in [-0.2, 0) is 0 Å². The molecule has 0 atom stereocenters. The average molecular weight is 821 g/mol. The molecule has 0 saturated heterocycles. The predicted molar refractivity (Wildman–Crippen MR) is 153 cm³/mol. The Morgan fingerprint density at radius 3 is 0.691 bits per heavy atom. The maximum absolute atomic E-state index is 15.4. The largest absolute Gasteiger partial charge is 0.340 e. The Balaban J connectivity index is 0.000000583. The number of rotatable bonds is 6. The molecule has 0 aromatic heterocycles. The number of quaternary nitrogens is 1. The second kappa shape index (κ2) is 15.9. The number of benzene rings is 4. The summed E-state index contributed by atoms with van der Waals surface area (Å²) in [7, 11) is 4.52. The van der Waals surface area contributed by atoms with Crippen molar-refractivity contribution in [2.45, 2.75) is 32.1 Å². The van der Waals surface area contributed by atoms with Gasteiger partial charge in [0.05, 0.1) is 20.6 Å². The second-order valence-corrected chi connectivity index (χ2v) is 12.7. The zero-order valence-corrected chi connectivity index (χ0v) is 27.5. The molecular formula is C33H20BF20N. The topological polar surface area (TPSA) is 4.44 Å². The third kappa shape index (κ3) is 6.87. The second-order valence-electron chi connectivity index (χ2n) is 12.7. The van der Waals surface area contributed by atoms with Gasteiger partial charge in [-0.2, -0.15) is 0 Å². The highest BCUT2D eigenvalue weighted by Gasteiger charge is 2.52. The minimum Gasteiger partial charge on any atom is -0.340 e. The molecule has 0 aliphatic heterocycles. The highest BCUT2D eigenvalue weighted by molar-refractivity contribution is 7.20. The maximum atomic E-state index is 15.4. The standard InChI is InChI=1S/C24BF20.C9H19N/c26-5-1(6(27)14(35)21(42)13(5)34)25(2-7(28)15(36)22(43)16(37)8(2)29,3-9(30)17(38)23(44)18(39)10(3)31)4-11(32)19(40)24(45)20(41)12(4)33;1-10(2)8-9-6-4-3-5-7-9/h;9H,3-8H2,1-2H3/q-1;/p+1. The van der Waals surface area contributed by atoms with Crippen LogP contribution in [0.5, 0.6) is 0 Å². The third-order valence-electron chi connectivity index (χ3n) is 9.13. The van der Waals surface area contributed by atoms with E-state index in [1.54, 1.807) is 4.90 Å². The summed E-state index contributed by atoms with van der Waals surface area (Å²) in [6.45, 7) is 1.39. The van der Waals surface area contributed by atoms with Crippen molar-refractivity contribution in [1.29, 1.82) is 0 Å². The van der Waals surface area contributed by atoms with Gasteiger partial charge in [-0.25, -0.2) is 87.8 Å². The number of hydrogen-bond acceptors (Lipinski definition) is 0. The van der Waals surface area contributed by atoms with E-state index in [1.165, 1.54) is 38.6 Å². The summed E-state index contributed by atoms with van der Waals surface area (Å²) in [4.78, 5) is 1.62. The van der Waals surface area contributed by atoms with Crippen LogP contribution in [0, 0.1) is 122 Å². The lowest BCUT2D eigenvalue weighted by Crippen LogP contribution is -3.06. The van der Waals surface area contributed by atoms with Crippen LogP contribution in [-0.4, -0.2) is 26.8 Å². The smallest absolute Gasteiger partial charge is 0.200 e. The van der Waals surface area contributed by atoms with Crippen molar-refractivity contribution in [2.75, 3.05) is 20.6 Å². The first kappa shape index (κ1) is 43.2. The molecule has 1 aliphatic rings. The van der Waals surface area contributed by atoms with Crippen LogP contribution in [0.1, 0.15) is 32.1 Å². The third-order valence-corrected chi connectivity index (χ3v) is 9.13. The van der Waals surface area contributed by atoms with Crippen molar-refractivity contribution < 1.29 is 92.7 Å². The Morgan fingerprint density at radius 2 is 0.509 bits per heavy atom. The molecule has 5 rings (SSSR count). The maximum Gasteiger partial charge on any atom is 0.200 e. The monoisotopic (exact) mass is 821 g/mol. The summed E-state index contributed by atoms with van der Waals surface area (Å²) < 4.78 is 294. The fourth-order valence-electron chi connectivity index (χ4n) is 6.84. The molecule has 0 bridgehead atoms. The number of nitrogens with one attached hydrogen (secondary N) is 1. The Hall–Kier alpha value is -4.50. The zero-order valence-electron chi connectivity index (χ0n) is 27.5. The highest BCUT2D eigenvalue weighted by atomic mass is 19.2. The van der Waals surface area contributed by atoms with Crippen molar-refractivity contribution in [1.82, 2.24) is 0 Å². The molecule has 1 fully saturated rings. The molecule has 300 valence electrons. The van der Waals surface area contributed by atoms with Gasteiger partial charge in [0, 0.05) is 5.92 Å². The molecule has 22 heteroatoms. The summed E-state index contributed by atoms with van der Waals surface area (Å²) >= 11 is 0. The Bertz CT molecular complexity index is 1780. The van der Waals surface area contributed by atoms with Crippen LogP contribution in [0.4, 0.5) is 87.8 Å². The minimum absolute atomic E-state index is 1.04. The van der Waals surface area contributed by atoms with Crippen molar-refractivity contribution in [2.24, 2.45) is 5.92 Å². The normalized spacial score (nSPS) is 13.8. The fraction of sp³-hybridized carbons (Fsp3) is 0.273. The van der Waals surface area contributed by atoms with E-state index in [2.05, 4.69) is 14.1 Å². The van der Waals surface area contributed by atoms with Gasteiger partial charge in [0.25, 0.3) is 0 Å². The molecule has 0 radical (unpaired) electrons. The van der Waals surface area contributed by atoms with Gasteiger partial charge >= 0.3 is 0 Å². The lowest BCUT2D eigenvalue weighted by atomic mass is 9.12.